The highest BCUT2D eigenvalue weighted by molar-refractivity contribution is 5.94. The molecule has 1 spiro atoms. The molecule has 1 amide bonds. The van der Waals surface area contributed by atoms with E-state index in [1.54, 1.807) is 0 Å². The van der Waals surface area contributed by atoms with Crippen LogP contribution in [0.1, 0.15) is 29.6 Å². The molecule has 1 aromatic carbocycles. The van der Waals surface area contributed by atoms with Gasteiger partial charge in [-0.05, 0) is 31.4 Å². The van der Waals surface area contributed by atoms with Crippen molar-refractivity contribution in [3.05, 3.63) is 35.9 Å². The number of hydrogen-bond donors (Lipinski definition) is 0. The van der Waals surface area contributed by atoms with Gasteiger partial charge in [0.1, 0.15) is 0 Å². The lowest BCUT2D eigenvalue weighted by molar-refractivity contribution is 0.0462. The Morgan fingerprint density at radius 3 is 2.78 bits per heavy atom. The third-order valence-corrected chi connectivity index (χ3v) is 4.15. The number of benzene rings is 1. The number of likely N-dealkylation sites (tertiary alicyclic amines) is 1. The quantitative estimate of drug-likeness (QED) is 0.760. The van der Waals surface area contributed by atoms with E-state index >= 15 is 0 Å². The first-order chi connectivity index (χ1) is 8.79. The predicted molar refractivity (Wildman–Crippen MR) is 69.4 cm³/mol. The van der Waals surface area contributed by atoms with Crippen LogP contribution < -0.4 is 0 Å². The standard InChI is InChI=1S/C15H19NO2/c17-14(13-5-2-1-3-6-13)16-9-4-7-15(11-16)8-10-18-12-15/h1-3,5-6H,4,7-12H2. The Bertz CT molecular complexity index is 423. The number of carbonyl (C=O) groups excluding carboxylic acids is 1. The van der Waals surface area contributed by atoms with Crippen molar-refractivity contribution in [2.75, 3.05) is 26.3 Å². The molecule has 2 fully saturated rings. The molecule has 0 N–H and O–H groups in total. The van der Waals surface area contributed by atoms with Crippen LogP contribution in [0.4, 0.5) is 0 Å². The largest absolute Gasteiger partial charge is 0.381 e. The van der Waals surface area contributed by atoms with Gasteiger partial charge in [-0.3, -0.25) is 4.79 Å². The molecule has 0 radical (unpaired) electrons. The van der Waals surface area contributed by atoms with E-state index in [2.05, 4.69) is 0 Å². The summed E-state index contributed by atoms with van der Waals surface area (Å²) in [6, 6.07) is 9.58. The van der Waals surface area contributed by atoms with Crippen LogP contribution in [0, 0.1) is 5.41 Å². The Morgan fingerprint density at radius 1 is 1.22 bits per heavy atom. The van der Waals surface area contributed by atoms with E-state index in [1.807, 2.05) is 35.2 Å². The lowest BCUT2D eigenvalue weighted by Gasteiger charge is -2.39. The number of ether oxygens (including phenoxy) is 1. The maximum Gasteiger partial charge on any atom is 0.253 e. The monoisotopic (exact) mass is 245 g/mol. The minimum atomic E-state index is 0.168. The average molecular weight is 245 g/mol. The lowest BCUT2D eigenvalue weighted by atomic mass is 9.79. The molecule has 3 heteroatoms. The highest BCUT2D eigenvalue weighted by atomic mass is 16.5. The normalized spacial score (nSPS) is 27.7. The van der Waals surface area contributed by atoms with E-state index in [4.69, 9.17) is 4.74 Å². The maximum atomic E-state index is 12.4. The van der Waals surface area contributed by atoms with Crippen molar-refractivity contribution in [1.29, 1.82) is 0 Å². The van der Waals surface area contributed by atoms with Gasteiger partial charge >= 0.3 is 0 Å². The van der Waals surface area contributed by atoms with Crippen LogP contribution in [0.15, 0.2) is 30.3 Å². The second-order valence-electron chi connectivity index (χ2n) is 5.50. The zero-order valence-electron chi connectivity index (χ0n) is 10.6. The summed E-state index contributed by atoms with van der Waals surface area (Å²) in [6.07, 6.45) is 3.40. The van der Waals surface area contributed by atoms with Gasteiger partial charge in [0.25, 0.3) is 5.91 Å². The maximum absolute atomic E-state index is 12.4. The highest BCUT2D eigenvalue weighted by Crippen LogP contribution is 2.37. The summed E-state index contributed by atoms with van der Waals surface area (Å²) in [5, 5.41) is 0. The summed E-state index contributed by atoms with van der Waals surface area (Å²) in [5.74, 6) is 0.168. The first-order valence-electron chi connectivity index (χ1n) is 6.71. The molecule has 18 heavy (non-hydrogen) atoms. The second-order valence-corrected chi connectivity index (χ2v) is 5.50. The highest BCUT2D eigenvalue weighted by Gasteiger charge is 2.40. The van der Waals surface area contributed by atoms with Crippen molar-refractivity contribution < 1.29 is 9.53 Å². The number of hydrogen-bond acceptors (Lipinski definition) is 2. The number of amides is 1. The van der Waals surface area contributed by atoms with Gasteiger partial charge in [0.05, 0.1) is 6.61 Å². The molecule has 2 heterocycles. The van der Waals surface area contributed by atoms with Gasteiger partial charge < -0.3 is 9.64 Å². The molecule has 1 atom stereocenters. The van der Waals surface area contributed by atoms with Crippen molar-refractivity contribution >= 4 is 5.91 Å². The van der Waals surface area contributed by atoms with E-state index in [-0.39, 0.29) is 11.3 Å². The first kappa shape index (κ1) is 11.7. The summed E-state index contributed by atoms with van der Waals surface area (Å²) in [4.78, 5) is 14.4. The fourth-order valence-corrected chi connectivity index (χ4v) is 3.12. The second kappa shape index (κ2) is 4.73. The molecule has 0 bridgehead atoms. The summed E-state index contributed by atoms with van der Waals surface area (Å²) < 4.78 is 5.53. The fraction of sp³-hybridized carbons (Fsp3) is 0.533. The molecule has 0 aliphatic carbocycles. The molecule has 1 aromatic rings. The molecular weight excluding hydrogens is 226 g/mol. The number of rotatable bonds is 1. The van der Waals surface area contributed by atoms with Gasteiger partial charge in [-0.25, -0.2) is 0 Å². The van der Waals surface area contributed by atoms with Gasteiger partial charge in [-0.2, -0.15) is 0 Å². The molecule has 96 valence electrons. The zero-order chi connectivity index (χ0) is 12.4. The van der Waals surface area contributed by atoms with Gasteiger partial charge in [0.2, 0.25) is 0 Å². The summed E-state index contributed by atoms with van der Waals surface area (Å²) in [7, 11) is 0. The van der Waals surface area contributed by atoms with Gasteiger partial charge in [0.15, 0.2) is 0 Å². The molecule has 1 unspecified atom stereocenters. The minimum Gasteiger partial charge on any atom is -0.381 e. The van der Waals surface area contributed by atoms with E-state index in [9.17, 15) is 4.79 Å². The Labute approximate surface area is 108 Å². The molecule has 3 rings (SSSR count). The molecule has 2 aliphatic rings. The van der Waals surface area contributed by atoms with Crippen molar-refractivity contribution in [3.8, 4) is 0 Å². The van der Waals surface area contributed by atoms with Crippen LogP contribution in [-0.2, 0) is 4.74 Å². The SMILES string of the molecule is O=C(c1ccccc1)N1CCCC2(CCOC2)C1. The predicted octanol–water partition coefficient (Wildman–Crippen LogP) is 2.33. The summed E-state index contributed by atoms with van der Waals surface area (Å²) in [6.45, 7) is 3.43. The molecule has 0 saturated carbocycles. The topological polar surface area (TPSA) is 29.5 Å². The molecular formula is C15H19NO2. The van der Waals surface area contributed by atoms with E-state index < -0.39 is 0 Å². The fourth-order valence-electron chi connectivity index (χ4n) is 3.12. The Kier molecular flexibility index (Phi) is 3.08. The van der Waals surface area contributed by atoms with Crippen LogP contribution in [0.2, 0.25) is 0 Å². The Hall–Kier alpha value is -1.35. The van der Waals surface area contributed by atoms with E-state index in [1.165, 1.54) is 6.42 Å². The zero-order valence-corrected chi connectivity index (χ0v) is 10.6. The summed E-state index contributed by atoms with van der Waals surface area (Å²) >= 11 is 0. The van der Waals surface area contributed by atoms with Gasteiger partial charge in [0, 0.05) is 30.7 Å². The van der Waals surface area contributed by atoms with Crippen LogP contribution in [0.3, 0.4) is 0 Å². The van der Waals surface area contributed by atoms with Crippen LogP contribution in [-0.4, -0.2) is 37.1 Å². The number of carbonyl (C=O) groups is 1. The third-order valence-electron chi connectivity index (χ3n) is 4.15. The average Bonchev–Trinajstić information content (AvgIpc) is 2.87. The molecule has 3 nitrogen and oxygen atoms in total. The lowest BCUT2D eigenvalue weighted by Crippen LogP contribution is -2.46. The Morgan fingerprint density at radius 2 is 2.06 bits per heavy atom. The summed E-state index contributed by atoms with van der Waals surface area (Å²) in [5.41, 5.74) is 1.04. The van der Waals surface area contributed by atoms with Crippen molar-refractivity contribution in [2.45, 2.75) is 19.3 Å². The van der Waals surface area contributed by atoms with Crippen LogP contribution >= 0.6 is 0 Å². The van der Waals surface area contributed by atoms with Gasteiger partial charge in [-0.1, -0.05) is 18.2 Å². The van der Waals surface area contributed by atoms with Crippen LogP contribution in [0.5, 0.6) is 0 Å². The number of piperidine rings is 1. The van der Waals surface area contributed by atoms with Gasteiger partial charge in [-0.15, -0.1) is 0 Å². The number of nitrogens with zero attached hydrogens (tertiary/aromatic N) is 1. The van der Waals surface area contributed by atoms with Crippen molar-refractivity contribution in [2.24, 2.45) is 5.41 Å². The van der Waals surface area contributed by atoms with Crippen molar-refractivity contribution in [1.82, 2.24) is 4.90 Å². The molecule has 2 saturated heterocycles. The molecule has 2 aliphatic heterocycles. The first-order valence-corrected chi connectivity index (χ1v) is 6.71. The third kappa shape index (κ3) is 2.15. The Balaban J connectivity index is 1.74. The van der Waals surface area contributed by atoms with E-state index in [0.29, 0.717) is 0 Å². The molecule has 0 aromatic heterocycles. The van der Waals surface area contributed by atoms with Crippen LogP contribution in [0.25, 0.3) is 0 Å². The van der Waals surface area contributed by atoms with Crippen molar-refractivity contribution in [3.63, 3.8) is 0 Å². The minimum absolute atomic E-state index is 0.168. The smallest absolute Gasteiger partial charge is 0.253 e. The van der Waals surface area contributed by atoms with E-state index in [0.717, 1.165) is 44.7 Å².